The third-order valence-electron chi connectivity index (χ3n) is 11.4. The third-order valence-corrected chi connectivity index (χ3v) is 14.4. The lowest BCUT2D eigenvalue weighted by Gasteiger charge is -2.35. The summed E-state index contributed by atoms with van der Waals surface area (Å²) in [6.07, 6.45) is 17.6. The molecule has 1 fully saturated rings. The van der Waals surface area contributed by atoms with Crippen LogP contribution in [0.5, 0.6) is 5.75 Å². The summed E-state index contributed by atoms with van der Waals surface area (Å²) in [6, 6.07) is 15.9. The molecule has 14 heteroatoms. The van der Waals surface area contributed by atoms with Crippen molar-refractivity contribution < 1.29 is 37.0 Å². The summed E-state index contributed by atoms with van der Waals surface area (Å²) in [7, 11) is -2.66. The maximum absolute atomic E-state index is 14.9. The molecule has 3 aromatic carbocycles. The normalized spacial score (nSPS) is 15.8. The molecule has 1 saturated heterocycles. The van der Waals surface area contributed by atoms with Crippen molar-refractivity contribution in [2.75, 3.05) is 32.2 Å². The Morgan fingerprint density at radius 2 is 1.38 bits per heavy atom. The highest BCUT2D eigenvalue weighted by Gasteiger charge is 2.55. The molecule has 2 heterocycles. The van der Waals surface area contributed by atoms with Crippen molar-refractivity contribution in [1.29, 1.82) is 0 Å². The minimum Gasteiger partial charge on any atom is -0.490 e. The van der Waals surface area contributed by atoms with Crippen LogP contribution in [0.4, 0.5) is 16.2 Å². The van der Waals surface area contributed by atoms with E-state index in [1.54, 1.807) is 31.4 Å². The molecular formula is C49H68N4O8S2. The Morgan fingerprint density at radius 3 is 1.98 bits per heavy atom. The number of rotatable bonds is 27. The van der Waals surface area contributed by atoms with E-state index in [2.05, 4.69) is 12.2 Å². The van der Waals surface area contributed by atoms with Crippen LogP contribution >= 0.6 is 11.8 Å². The zero-order chi connectivity index (χ0) is 45.4. The molecular weight excluding hydrogens is 837 g/mol. The highest BCUT2D eigenvalue weighted by atomic mass is 32.2. The van der Waals surface area contributed by atoms with Gasteiger partial charge < -0.3 is 19.5 Å². The smallest absolute Gasteiger partial charge is 0.418 e. The fourth-order valence-corrected chi connectivity index (χ4v) is 10.6. The molecule has 1 atom stereocenters. The number of ether oxygens (including phenoxy) is 3. The maximum atomic E-state index is 14.9. The van der Waals surface area contributed by atoms with Crippen LogP contribution in [0.3, 0.4) is 0 Å². The monoisotopic (exact) mass is 904 g/mol. The topological polar surface area (TPSA) is 144 Å². The summed E-state index contributed by atoms with van der Waals surface area (Å²) in [5.74, 6) is -1.22. The first-order chi connectivity index (χ1) is 30.3. The number of aliphatic imine (C=N–C) groups is 1. The molecule has 5 rings (SSSR count). The van der Waals surface area contributed by atoms with Crippen LogP contribution in [0.2, 0.25) is 0 Å². The third kappa shape index (κ3) is 13.6. The molecule has 3 aromatic rings. The Kier molecular flexibility index (Phi) is 18.9. The number of anilines is 1. The van der Waals surface area contributed by atoms with Gasteiger partial charge in [0, 0.05) is 18.6 Å². The minimum absolute atomic E-state index is 0.00293. The molecule has 0 bridgehead atoms. The lowest BCUT2D eigenvalue weighted by Crippen LogP contribution is -2.59. The molecule has 0 saturated carbocycles. The fraction of sp³-hybridized carbons (Fsp3) is 0.551. The Hall–Kier alpha value is -4.40. The number of unbranched alkanes of at least 4 members (excludes halogenated alkanes) is 15. The molecule has 2 aliphatic rings. The molecule has 2 aliphatic heterocycles. The molecule has 1 N–H and O–H groups in total. The summed E-state index contributed by atoms with van der Waals surface area (Å²) in [5, 5.41) is 2.97. The Bertz CT molecular complexity index is 2160. The number of hydrogen-bond acceptors (Lipinski definition) is 10. The van der Waals surface area contributed by atoms with E-state index in [4.69, 9.17) is 19.2 Å². The van der Waals surface area contributed by atoms with Crippen molar-refractivity contribution in [3.05, 3.63) is 71.8 Å². The van der Waals surface area contributed by atoms with Crippen molar-refractivity contribution >= 4 is 56.9 Å². The van der Waals surface area contributed by atoms with Gasteiger partial charge in [0.15, 0.2) is 17.5 Å². The Labute approximate surface area is 380 Å². The zero-order valence-corrected chi connectivity index (χ0v) is 39.8. The van der Waals surface area contributed by atoms with Gasteiger partial charge in [0.05, 0.1) is 22.9 Å². The van der Waals surface area contributed by atoms with Crippen molar-refractivity contribution in [2.24, 2.45) is 4.99 Å². The number of hydrogen-bond donors (Lipinski definition) is 1. The van der Waals surface area contributed by atoms with Gasteiger partial charge in [0.25, 0.3) is 21.8 Å². The average Bonchev–Trinajstić information content (AvgIpc) is 3.44. The number of fused-ring (bicyclic) bond motifs is 1. The number of amides is 3. The number of carbonyl (C=O) groups is 3. The Balaban J connectivity index is 1.35. The number of methoxy groups -OCH3 is 1. The van der Waals surface area contributed by atoms with E-state index in [0.29, 0.717) is 40.9 Å². The summed E-state index contributed by atoms with van der Waals surface area (Å²) in [4.78, 5) is 49.5. The van der Waals surface area contributed by atoms with E-state index in [0.717, 1.165) is 46.0 Å². The molecule has 12 nitrogen and oxygen atoms in total. The van der Waals surface area contributed by atoms with Crippen LogP contribution in [0.15, 0.2) is 80.3 Å². The van der Waals surface area contributed by atoms with Gasteiger partial charge in [-0.25, -0.2) is 23.1 Å². The number of imide groups is 1. The predicted octanol–water partition coefficient (Wildman–Crippen LogP) is 11.5. The number of sulfonamides is 1. The van der Waals surface area contributed by atoms with Crippen LogP contribution in [-0.4, -0.2) is 79.9 Å². The number of nitrogens with one attached hydrogen (secondary N) is 1. The number of para-hydroxylation sites is 1. The first-order valence-corrected chi connectivity index (χ1v) is 25.1. The quantitative estimate of drug-likeness (QED) is 0.0739. The first kappa shape index (κ1) is 49.6. The van der Waals surface area contributed by atoms with Gasteiger partial charge in [0.1, 0.15) is 17.3 Å². The highest BCUT2D eigenvalue weighted by Crippen LogP contribution is 2.41. The number of nitrogens with zero attached hydrogens (tertiary/aromatic N) is 3. The molecule has 0 aromatic heterocycles. The lowest BCUT2D eigenvalue weighted by atomic mass is 10.0. The molecule has 3 amide bonds. The highest BCUT2D eigenvalue weighted by molar-refractivity contribution is 7.99. The summed E-state index contributed by atoms with van der Waals surface area (Å²) >= 11 is 1.37. The standard InChI is InChI=1S/C49H68N4O8S2/c1-7-8-9-10-11-12-13-14-15-16-17-18-19-20-21-24-31-52-45(50-38-25-22-23-26-43(38)63(52,57)58)44(53-47(55)49(4,5)61-48(53)56)46(54)51-39-34-36(2)28-30-41(39)62-42-35-37(3)27-29-40(42)60-33-32-59-6/h22-23,25-30,34-35,44H,7-21,24,31-33H2,1-6H3,(H,51,54). The van der Waals surface area contributed by atoms with E-state index < -0.39 is 39.6 Å². The lowest BCUT2D eigenvalue weighted by molar-refractivity contribution is -0.137. The van der Waals surface area contributed by atoms with Gasteiger partial charge in [-0.3, -0.25) is 13.9 Å². The summed E-state index contributed by atoms with van der Waals surface area (Å²) < 4.78 is 46.9. The van der Waals surface area contributed by atoms with E-state index >= 15 is 0 Å². The predicted molar refractivity (Wildman–Crippen MR) is 251 cm³/mol. The first-order valence-electron chi connectivity index (χ1n) is 22.9. The molecule has 0 spiro atoms. The molecule has 0 radical (unpaired) electrons. The molecule has 344 valence electrons. The van der Waals surface area contributed by atoms with Crippen LogP contribution in [0.1, 0.15) is 135 Å². The van der Waals surface area contributed by atoms with E-state index in [9.17, 15) is 22.8 Å². The second-order valence-electron chi connectivity index (χ2n) is 17.2. The van der Waals surface area contributed by atoms with Crippen LogP contribution < -0.4 is 10.1 Å². The molecule has 63 heavy (non-hydrogen) atoms. The largest absolute Gasteiger partial charge is 0.490 e. The van der Waals surface area contributed by atoms with E-state index in [1.165, 1.54) is 102 Å². The number of cyclic esters (lactones) is 1. The van der Waals surface area contributed by atoms with Gasteiger partial charge in [-0.1, -0.05) is 139 Å². The number of benzene rings is 3. The van der Waals surface area contributed by atoms with Crippen LogP contribution in [0.25, 0.3) is 0 Å². The van der Waals surface area contributed by atoms with Crippen LogP contribution in [-0.2, 0) is 29.1 Å². The van der Waals surface area contributed by atoms with Crippen molar-refractivity contribution in [3.63, 3.8) is 0 Å². The molecule has 1 unspecified atom stereocenters. The number of amidine groups is 1. The van der Waals surface area contributed by atoms with E-state index in [-0.39, 0.29) is 23.0 Å². The zero-order valence-electron chi connectivity index (χ0n) is 38.2. The molecule has 0 aliphatic carbocycles. The van der Waals surface area contributed by atoms with Crippen molar-refractivity contribution in [1.82, 2.24) is 9.21 Å². The van der Waals surface area contributed by atoms with Crippen molar-refractivity contribution in [2.45, 2.75) is 164 Å². The second kappa shape index (κ2) is 24.0. The van der Waals surface area contributed by atoms with Gasteiger partial charge >= 0.3 is 6.09 Å². The summed E-state index contributed by atoms with van der Waals surface area (Å²) in [6.45, 7) is 9.73. The second-order valence-corrected chi connectivity index (χ2v) is 20.1. The van der Waals surface area contributed by atoms with Gasteiger partial charge in [-0.15, -0.1) is 0 Å². The van der Waals surface area contributed by atoms with Gasteiger partial charge in [-0.05, 0) is 81.6 Å². The Morgan fingerprint density at radius 1 is 0.794 bits per heavy atom. The van der Waals surface area contributed by atoms with Gasteiger partial charge in [-0.2, -0.15) is 0 Å². The number of carbonyl (C=O) groups excluding carboxylic acids is 3. The number of aryl methyl sites for hydroxylation is 2. The van der Waals surface area contributed by atoms with E-state index in [1.807, 2.05) is 44.2 Å². The summed E-state index contributed by atoms with van der Waals surface area (Å²) in [5.41, 5.74) is 0.739. The SMILES string of the molecule is CCCCCCCCCCCCCCCCCCN1C(C(C(=O)Nc2cc(C)ccc2Sc2cc(C)ccc2OCCOC)N2C(=O)OC(C)(C)C2=O)=Nc2ccccc2S1(=O)=O. The van der Waals surface area contributed by atoms with Crippen LogP contribution in [0, 0.1) is 13.8 Å². The minimum atomic E-state index is -4.27. The fourth-order valence-electron chi connectivity index (χ4n) is 7.88. The van der Waals surface area contributed by atoms with Crippen molar-refractivity contribution in [3.8, 4) is 5.75 Å². The average molecular weight is 905 g/mol. The maximum Gasteiger partial charge on any atom is 0.418 e. The van der Waals surface area contributed by atoms with Gasteiger partial charge in [0.2, 0.25) is 0 Å².